The number of likely N-dealkylation sites (N-methyl/N-ethyl adjacent to an activating group) is 1. The molecule has 0 aliphatic carbocycles. The Labute approximate surface area is 261 Å². The first-order chi connectivity index (χ1) is 20.7. The van der Waals surface area contributed by atoms with E-state index >= 15 is 4.39 Å². The standard InChI is InChI=1S/C30H38F4N6O3S/c1-6-43-18-8-7-13-39(16-17-41)15-14-37(4)25-12-10-23(20-36-25)40(29(2,3)21-42)28(44)38(5)24-11-9-22(19-35)26(27(24)31)30(32,33)34/h9-12,17,20-21H,6-8,13-16,18H2,1-5H3. The highest BCUT2D eigenvalue weighted by Crippen LogP contribution is 2.38. The highest BCUT2D eigenvalue weighted by atomic mass is 32.1. The lowest BCUT2D eigenvalue weighted by Crippen LogP contribution is -2.54. The smallest absolute Gasteiger partial charge is 0.382 e. The number of halogens is 4. The number of hydrogen-bond acceptors (Lipinski definition) is 8. The summed E-state index contributed by atoms with van der Waals surface area (Å²) in [5, 5.41) is 8.92. The van der Waals surface area contributed by atoms with E-state index in [0.29, 0.717) is 50.6 Å². The van der Waals surface area contributed by atoms with Crippen molar-refractivity contribution < 1.29 is 31.9 Å². The van der Waals surface area contributed by atoms with Gasteiger partial charge in [0.2, 0.25) is 0 Å². The molecule has 0 unspecified atom stereocenters. The number of thiocarbonyl (C=S) groups is 1. The van der Waals surface area contributed by atoms with Crippen LogP contribution in [0.2, 0.25) is 0 Å². The van der Waals surface area contributed by atoms with E-state index < -0.39 is 34.3 Å². The summed E-state index contributed by atoms with van der Waals surface area (Å²) in [6, 6.07) is 6.62. The molecule has 1 heterocycles. The van der Waals surface area contributed by atoms with E-state index in [1.165, 1.54) is 24.2 Å². The molecule has 44 heavy (non-hydrogen) atoms. The third kappa shape index (κ3) is 9.41. The molecule has 0 bridgehead atoms. The van der Waals surface area contributed by atoms with Gasteiger partial charge in [0.1, 0.15) is 24.0 Å². The minimum Gasteiger partial charge on any atom is -0.382 e. The van der Waals surface area contributed by atoms with Crippen LogP contribution in [0.5, 0.6) is 0 Å². The topological polar surface area (TPSA) is 93.0 Å². The van der Waals surface area contributed by atoms with Gasteiger partial charge in [0, 0.05) is 40.4 Å². The maximum atomic E-state index is 15.2. The summed E-state index contributed by atoms with van der Waals surface area (Å²) in [7, 11) is 3.12. The van der Waals surface area contributed by atoms with E-state index in [9.17, 15) is 22.8 Å². The van der Waals surface area contributed by atoms with Crippen molar-refractivity contribution in [2.24, 2.45) is 0 Å². The number of carbonyl (C=O) groups is 2. The number of ether oxygens (including phenoxy) is 1. The van der Waals surface area contributed by atoms with Crippen molar-refractivity contribution >= 4 is 47.1 Å². The normalized spacial score (nSPS) is 11.7. The zero-order chi connectivity index (χ0) is 33.1. The van der Waals surface area contributed by atoms with Gasteiger partial charge >= 0.3 is 6.18 Å². The molecule has 1 aromatic carbocycles. The van der Waals surface area contributed by atoms with Crippen LogP contribution in [0.4, 0.5) is 34.8 Å². The van der Waals surface area contributed by atoms with Gasteiger partial charge in [-0.2, -0.15) is 18.4 Å². The molecule has 0 atom stereocenters. The predicted molar refractivity (Wildman–Crippen MR) is 165 cm³/mol. The summed E-state index contributed by atoms with van der Waals surface area (Å²) >= 11 is 5.57. The fourth-order valence-electron chi connectivity index (χ4n) is 4.42. The first-order valence-corrected chi connectivity index (χ1v) is 14.4. The van der Waals surface area contributed by atoms with Crippen LogP contribution in [0, 0.1) is 17.1 Å². The van der Waals surface area contributed by atoms with Gasteiger partial charge in [-0.15, -0.1) is 0 Å². The molecule has 1 aromatic heterocycles. The second kappa shape index (κ2) is 16.4. The number of unbranched alkanes of at least 4 members (excludes halogenated alkanes) is 1. The van der Waals surface area contributed by atoms with E-state index in [2.05, 4.69) is 4.98 Å². The van der Waals surface area contributed by atoms with Crippen molar-refractivity contribution in [2.45, 2.75) is 45.3 Å². The highest BCUT2D eigenvalue weighted by Gasteiger charge is 2.40. The van der Waals surface area contributed by atoms with Gasteiger partial charge in [0.25, 0.3) is 0 Å². The number of nitrogens with zero attached hydrogens (tertiary/aromatic N) is 6. The largest absolute Gasteiger partial charge is 0.420 e. The Bertz CT molecular complexity index is 1320. The molecular formula is C30H38F4N6O3S. The molecule has 0 saturated heterocycles. The number of carbonyl (C=O) groups excluding carboxylic acids is 2. The molecule has 0 amide bonds. The molecule has 14 heteroatoms. The molecule has 9 nitrogen and oxygen atoms in total. The average Bonchev–Trinajstić information content (AvgIpc) is 2.98. The zero-order valence-electron chi connectivity index (χ0n) is 25.5. The Hall–Kier alpha value is -3.67. The fourth-order valence-corrected chi connectivity index (χ4v) is 4.85. The van der Waals surface area contributed by atoms with Crippen molar-refractivity contribution in [3.05, 3.63) is 47.4 Å². The molecule has 0 radical (unpaired) electrons. The molecule has 0 N–H and O–H groups in total. The minimum atomic E-state index is -5.12. The van der Waals surface area contributed by atoms with Crippen LogP contribution in [0.25, 0.3) is 0 Å². The number of alkyl halides is 3. The van der Waals surface area contributed by atoms with Crippen LogP contribution in [-0.2, 0) is 20.5 Å². The quantitative estimate of drug-likeness (QED) is 0.107. The Morgan fingerprint density at radius 2 is 1.80 bits per heavy atom. The number of anilines is 3. The Morgan fingerprint density at radius 1 is 1.09 bits per heavy atom. The maximum absolute atomic E-state index is 15.2. The summed E-state index contributed by atoms with van der Waals surface area (Å²) < 4.78 is 61.4. The lowest BCUT2D eigenvalue weighted by molar-refractivity contribution is -0.140. The van der Waals surface area contributed by atoms with Crippen LogP contribution >= 0.6 is 12.2 Å². The second-order valence-corrected chi connectivity index (χ2v) is 10.9. The number of pyridine rings is 1. The van der Waals surface area contributed by atoms with Gasteiger partial charge in [-0.3, -0.25) is 4.90 Å². The molecule has 0 aliphatic rings. The van der Waals surface area contributed by atoms with E-state index in [-0.39, 0.29) is 5.11 Å². The molecule has 2 aromatic rings. The Morgan fingerprint density at radius 3 is 2.34 bits per heavy atom. The number of aldehydes is 2. The highest BCUT2D eigenvalue weighted by molar-refractivity contribution is 7.80. The first-order valence-electron chi connectivity index (χ1n) is 14.0. The van der Waals surface area contributed by atoms with Crippen LogP contribution < -0.4 is 14.7 Å². The molecule has 0 fully saturated rings. The lowest BCUT2D eigenvalue weighted by Gasteiger charge is -2.39. The van der Waals surface area contributed by atoms with Crippen molar-refractivity contribution in [3.8, 4) is 6.07 Å². The van der Waals surface area contributed by atoms with Crippen LogP contribution in [-0.4, -0.2) is 86.6 Å². The van der Waals surface area contributed by atoms with Crippen molar-refractivity contribution in [1.82, 2.24) is 9.88 Å². The average molecular weight is 639 g/mol. The van der Waals surface area contributed by atoms with E-state index in [0.717, 1.165) is 42.7 Å². The summed E-state index contributed by atoms with van der Waals surface area (Å²) in [6.45, 7) is 8.61. The summed E-state index contributed by atoms with van der Waals surface area (Å²) in [6.07, 6.45) is -0.384. The minimum absolute atomic E-state index is 0.171. The monoisotopic (exact) mass is 638 g/mol. The predicted octanol–water partition coefficient (Wildman–Crippen LogP) is 5.07. The first kappa shape index (κ1) is 36.5. The van der Waals surface area contributed by atoms with Gasteiger partial charge in [0.05, 0.1) is 41.3 Å². The van der Waals surface area contributed by atoms with Gasteiger partial charge in [0.15, 0.2) is 10.9 Å². The maximum Gasteiger partial charge on any atom is 0.420 e. The lowest BCUT2D eigenvalue weighted by atomic mass is 10.0. The molecule has 240 valence electrons. The summed E-state index contributed by atoms with van der Waals surface area (Å²) in [5.41, 5.74) is -4.02. The fraction of sp³-hybridized carbons (Fsp3) is 0.500. The SMILES string of the molecule is CCOCCCCN(CC=O)CCN(C)c1ccc(N(C(=S)N(C)c2ccc(C#N)c(C(F)(F)F)c2F)C(C)(C)C=O)cn1. The van der Waals surface area contributed by atoms with Crippen LogP contribution in [0.3, 0.4) is 0 Å². The number of nitriles is 1. The molecule has 0 spiro atoms. The number of aromatic nitrogens is 1. The number of rotatable bonds is 16. The molecule has 0 aliphatic heterocycles. The van der Waals surface area contributed by atoms with Crippen molar-refractivity contribution in [1.29, 1.82) is 5.26 Å². The third-order valence-corrected chi connectivity index (χ3v) is 7.37. The van der Waals surface area contributed by atoms with Gasteiger partial charge in [-0.05, 0) is 76.6 Å². The van der Waals surface area contributed by atoms with Crippen molar-refractivity contribution in [2.75, 3.05) is 68.2 Å². The Kier molecular flexibility index (Phi) is 13.6. The second-order valence-electron chi connectivity index (χ2n) is 10.5. The van der Waals surface area contributed by atoms with E-state index in [4.69, 9.17) is 22.2 Å². The summed E-state index contributed by atoms with van der Waals surface area (Å²) in [5.74, 6) is -1.06. The number of hydrogen-bond donors (Lipinski definition) is 0. The van der Waals surface area contributed by atoms with Crippen LogP contribution in [0.1, 0.15) is 44.7 Å². The molecular weight excluding hydrogens is 600 g/mol. The van der Waals surface area contributed by atoms with Crippen molar-refractivity contribution in [3.63, 3.8) is 0 Å². The third-order valence-electron chi connectivity index (χ3n) is 6.91. The number of benzene rings is 1. The van der Waals surface area contributed by atoms with Gasteiger partial charge in [-0.1, -0.05) is 0 Å². The van der Waals surface area contributed by atoms with Crippen LogP contribution in [0.15, 0.2) is 30.5 Å². The van der Waals surface area contributed by atoms with E-state index in [1.54, 1.807) is 26.0 Å². The molecule has 0 saturated carbocycles. The van der Waals surface area contributed by atoms with E-state index in [1.807, 2.05) is 23.8 Å². The van der Waals surface area contributed by atoms with Gasteiger partial charge in [-0.25, -0.2) is 9.37 Å². The summed E-state index contributed by atoms with van der Waals surface area (Å²) in [4.78, 5) is 34.1. The Balaban J connectivity index is 2.28. The molecule has 2 rings (SSSR count). The van der Waals surface area contributed by atoms with Gasteiger partial charge < -0.3 is 29.0 Å². The zero-order valence-corrected chi connectivity index (χ0v) is 26.3.